The summed E-state index contributed by atoms with van der Waals surface area (Å²) >= 11 is 0. The number of para-hydroxylation sites is 2. The molecule has 0 aliphatic rings. The number of unbranched alkanes of at least 4 members (excludes halogenated alkanes) is 3. The van der Waals surface area contributed by atoms with Crippen LogP contribution in [-0.4, -0.2) is 25.3 Å². The molecule has 6 heteroatoms. The van der Waals surface area contributed by atoms with Crippen molar-refractivity contribution in [3.8, 4) is 11.5 Å². The molecule has 2 rings (SSSR count). The third kappa shape index (κ3) is 10.8. The van der Waals surface area contributed by atoms with E-state index in [2.05, 4.69) is 38.3 Å². The summed E-state index contributed by atoms with van der Waals surface area (Å²) in [7, 11) is 0. The monoisotopic (exact) mass is 524 g/mol. The lowest BCUT2D eigenvalue weighted by atomic mass is 10.0. The molecule has 0 atom stereocenters. The maximum Gasteiger partial charge on any atom is 0.412 e. The van der Waals surface area contributed by atoms with Crippen molar-refractivity contribution >= 4 is 12.2 Å². The second-order valence-electron chi connectivity index (χ2n) is 9.86. The second kappa shape index (κ2) is 18.3. The van der Waals surface area contributed by atoms with Crippen molar-refractivity contribution in [1.82, 2.24) is 10.6 Å². The van der Waals surface area contributed by atoms with Crippen molar-refractivity contribution in [1.29, 1.82) is 0 Å². The lowest BCUT2D eigenvalue weighted by Crippen LogP contribution is -2.29. The smallest absolute Gasteiger partial charge is 0.410 e. The zero-order chi connectivity index (χ0) is 27.6. The molecular formula is C32H48N2O4. The van der Waals surface area contributed by atoms with Crippen LogP contribution in [0.1, 0.15) is 101 Å². The molecule has 2 aromatic rings. The van der Waals surface area contributed by atoms with E-state index in [-0.39, 0.29) is 12.2 Å². The van der Waals surface area contributed by atoms with Gasteiger partial charge < -0.3 is 20.1 Å². The first-order valence-corrected chi connectivity index (χ1v) is 14.7. The first-order valence-electron chi connectivity index (χ1n) is 14.7. The van der Waals surface area contributed by atoms with E-state index in [1.807, 2.05) is 36.4 Å². The highest BCUT2D eigenvalue weighted by Crippen LogP contribution is 2.28. The molecule has 0 unspecified atom stereocenters. The minimum Gasteiger partial charge on any atom is -0.410 e. The van der Waals surface area contributed by atoms with Gasteiger partial charge in [0.15, 0.2) is 0 Å². The third-order valence-corrected chi connectivity index (χ3v) is 6.47. The molecule has 2 aromatic carbocycles. The van der Waals surface area contributed by atoms with Crippen LogP contribution in [0.2, 0.25) is 0 Å². The van der Waals surface area contributed by atoms with E-state index < -0.39 is 0 Å². The molecule has 0 bridgehead atoms. The van der Waals surface area contributed by atoms with Crippen molar-refractivity contribution in [2.45, 2.75) is 105 Å². The third-order valence-electron chi connectivity index (χ3n) is 6.47. The second-order valence-corrected chi connectivity index (χ2v) is 9.86. The molecule has 0 aliphatic heterocycles. The molecule has 0 heterocycles. The van der Waals surface area contributed by atoms with Crippen LogP contribution in [0.25, 0.3) is 0 Å². The van der Waals surface area contributed by atoms with Gasteiger partial charge in [0.1, 0.15) is 11.5 Å². The minimum atomic E-state index is -0.388. The summed E-state index contributed by atoms with van der Waals surface area (Å²) in [6.45, 7) is 9.66. The van der Waals surface area contributed by atoms with Crippen LogP contribution >= 0.6 is 0 Å². The molecule has 0 fully saturated rings. The van der Waals surface area contributed by atoms with Gasteiger partial charge in [-0.1, -0.05) is 103 Å². The number of benzene rings is 2. The quantitative estimate of drug-likeness (QED) is 0.206. The Balaban J connectivity index is 1.67. The SMILES string of the molecule is CCCc1cccc(CCC)c1OC(=O)NCCCCCCNC(=O)Oc1c(CCC)cccc1CCC. The van der Waals surface area contributed by atoms with Crippen LogP contribution in [0.3, 0.4) is 0 Å². The number of aryl methyl sites for hydroxylation is 4. The summed E-state index contributed by atoms with van der Waals surface area (Å²) in [5, 5.41) is 5.77. The number of carbonyl (C=O) groups is 2. The van der Waals surface area contributed by atoms with E-state index in [0.717, 1.165) is 111 Å². The largest absolute Gasteiger partial charge is 0.412 e. The maximum atomic E-state index is 12.4. The maximum absolute atomic E-state index is 12.4. The van der Waals surface area contributed by atoms with Gasteiger partial charge in [0.25, 0.3) is 0 Å². The molecule has 0 spiro atoms. The lowest BCUT2D eigenvalue weighted by molar-refractivity contribution is 0.198. The van der Waals surface area contributed by atoms with Gasteiger partial charge in [0, 0.05) is 13.1 Å². The standard InChI is InChI=1S/C32H48N2O4/c1-5-15-25-19-13-20-26(16-6-2)29(25)37-31(35)33-23-11-9-10-12-24-34-32(36)38-30-27(17-7-3)21-14-22-28(30)18-8-4/h13-14,19-22H,5-12,15-18,23-24H2,1-4H3,(H,33,35)(H,34,36). The van der Waals surface area contributed by atoms with Gasteiger partial charge in [-0.25, -0.2) is 9.59 Å². The Bertz CT molecular complexity index is 861. The molecule has 2 amide bonds. The van der Waals surface area contributed by atoms with E-state index in [1.54, 1.807) is 0 Å². The Hall–Kier alpha value is -3.02. The van der Waals surface area contributed by atoms with Gasteiger partial charge in [-0.05, 0) is 60.8 Å². The van der Waals surface area contributed by atoms with E-state index >= 15 is 0 Å². The van der Waals surface area contributed by atoms with Gasteiger partial charge in [0.05, 0.1) is 0 Å². The summed E-state index contributed by atoms with van der Waals surface area (Å²) in [6, 6.07) is 12.3. The van der Waals surface area contributed by atoms with E-state index in [1.165, 1.54) is 0 Å². The summed E-state index contributed by atoms with van der Waals surface area (Å²) in [5.41, 5.74) is 4.37. The summed E-state index contributed by atoms with van der Waals surface area (Å²) in [5.74, 6) is 1.46. The molecule has 0 aromatic heterocycles. The van der Waals surface area contributed by atoms with Gasteiger partial charge in [-0.15, -0.1) is 0 Å². The predicted octanol–water partition coefficient (Wildman–Crippen LogP) is 7.93. The Labute approximate surface area is 229 Å². The summed E-state index contributed by atoms with van der Waals surface area (Å²) < 4.78 is 11.5. The molecule has 2 N–H and O–H groups in total. The highest BCUT2D eigenvalue weighted by Gasteiger charge is 2.14. The summed E-state index contributed by atoms with van der Waals surface area (Å²) in [4.78, 5) is 24.8. The zero-order valence-corrected chi connectivity index (χ0v) is 24.0. The predicted molar refractivity (Wildman–Crippen MR) is 155 cm³/mol. The molecule has 6 nitrogen and oxygen atoms in total. The molecule has 0 radical (unpaired) electrons. The minimum absolute atomic E-state index is 0.388. The Morgan fingerprint density at radius 3 is 1.16 bits per heavy atom. The van der Waals surface area contributed by atoms with Crippen LogP contribution < -0.4 is 20.1 Å². The van der Waals surface area contributed by atoms with Gasteiger partial charge in [0.2, 0.25) is 0 Å². The normalized spacial score (nSPS) is 10.7. The Morgan fingerprint density at radius 2 is 0.868 bits per heavy atom. The molecule has 0 saturated heterocycles. The van der Waals surface area contributed by atoms with E-state index in [9.17, 15) is 9.59 Å². The number of rotatable bonds is 17. The van der Waals surface area contributed by atoms with Crippen LogP contribution in [-0.2, 0) is 25.7 Å². The van der Waals surface area contributed by atoms with Crippen molar-refractivity contribution < 1.29 is 19.1 Å². The first-order chi connectivity index (χ1) is 18.5. The number of carbonyl (C=O) groups excluding carboxylic acids is 2. The number of hydrogen-bond acceptors (Lipinski definition) is 4. The van der Waals surface area contributed by atoms with Crippen molar-refractivity contribution in [2.75, 3.05) is 13.1 Å². The van der Waals surface area contributed by atoms with Crippen LogP contribution in [0.15, 0.2) is 36.4 Å². The number of hydrogen-bond donors (Lipinski definition) is 2. The topological polar surface area (TPSA) is 76.7 Å². The van der Waals surface area contributed by atoms with Crippen LogP contribution in [0.4, 0.5) is 9.59 Å². The number of amides is 2. The Morgan fingerprint density at radius 1 is 0.553 bits per heavy atom. The van der Waals surface area contributed by atoms with Crippen molar-refractivity contribution in [3.63, 3.8) is 0 Å². The van der Waals surface area contributed by atoms with Crippen LogP contribution in [0.5, 0.6) is 11.5 Å². The average Bonchev–Trinajstić information content (AvgIpc) is 2.90. The number of ether oxygens (including phenoxy) is 2. The zero-order valence-electron chi connectivity index (χ0n) is 24.0. The fourth-order valence-corrected chi connectivity index (χ4v) is 4.65. The Kier molecular flexibility index (Phi) is 15.0. The van der Waals surface area contributed by atoms with Crippen molar-refractivity contribution in [2.24, 2.45) is 0 Å². The average molecular weight is 525 g/mol. The highest BCUT2D eigenvalue weighted by atomic mass is 16.6. The van der Waals surface area contributed by atoms with Crippen LogP contribution in [0, 0.1) is 0 Å². The molecule has 0 aliphatic carbocycles. The first kappa shape index (κ1) is 31.2. The van der Waals surface area contributed by atoms with Gasteiger partial charge in [-0.2, -0.15) is 0 Å². The van der Waals surface area contributed by atoms with E-state index in [4.69, 9.17) is 9.47 Å². The lowest BCUT2D eigenvalue weighted by Gasteiger charge is -2.15. The number of nitrogens with one attached hydrogen (secondary N) is 2. The highest BCUT2D eigenvalue weighted by molar-refractivity contribution is 5.72. The molecule has 210 valence electrons. The molecule has 38 heavy (non-hydrogen) atoms. The van der Waals surface area contributed by atoms with Crippen molar-refractivity contribution in [3.05, 3.63) is 58.7 Å². The fourth-order valence-electron chi connectivity index (χ4n) is 4.65. The molecule has 0 saturated carbocycles. The van der Waals surface area contributed by atoms with Gasteiger partial charge >= 0.3 is 12.2 Å². The fraction of sp³-hybridized carbons (Fsp3) is 0.562. The van der Waals surface area contributed by atoms with Gasteiger partial charge in [-0.3, -0.25) is 0 Å². The van der Waals surface area contributed by atoms with E-state index in [0.29, 0.717) is 13.1 Å². The summed E-state index contributed by atoms with van der Waals surface area (Å²) in [6.07, 6.45) is 10.5. The molecular weight excluding hydrogens is 476 g/mol.